The van der Waals surface area contributed by atoms with Gasteiger partial charge in [0.1, 0.15) is 11.6 Å². The Labute approximate surface area is 132 Å². The molecular formula is C15H19F2N5O. The Morgan fingerprint density at radius 2 is 2.00 bits per heavy atom. The smallest absolute Gasteiger partial charge is 0.310 e. The molecule has 0 saturated carbocycles. The highest BCUT2D eigenvalue weighted by Crippen LogP contribution is 2.20. The lowest BCUT2D eigenvalue weighted by Gasteiger charge is -2.07. The lowest BCUT2D eigenvalue weighted by atomic mass is 10.1. The van der Waals surface area contributed by atoms with Crippen LogP contribution in [0, 0.1) is 20.8 Å². The molecule has 0 spiro atoms. The van der Waals surface area contributed by atoms with Crippen molar-refractivity contribution in [1.82, 2.24) is 19.7 Å². The van der Waals surface area contributed by atoms with E-state index < -0.39 is 6.55 Å². The fraction of sp³-hybridized carbons (Fsp3) is 0.467. The molecule has 2 aromatic heterocycles. The molecule has 0 radical (unpaired) electrons. The molecule has 0 fully saturated rings. The predicted molar refractivity (Wildman–Crippen MR) is 81.4 cm³/mol. The Bertz CT molecular complexity index is 727. The van der Waals surface area contributed by atoms with Gasteiger partial charge in [0.25, 0.3) is 0 Å². The van der Waals surface area contributed by atoms with Crippen molar-refractivity contribution < 1.29 is 13.6 Å². The van der Waals surface area contributed by atoms with Crippen LogP contribution in [0.2, 0.25) is 0 Å². The zero-order chi connectivity index (χ0) is 17.1. The number of aromatic nitrogens is 4. The molecule has 0 aliphatic heterocycles. The number of alkyl halides is 2. The topological polar surface area (TPSA) is 72.7 Å². The Balaban J connectivity index is 2.16. The average molecular weight is 323 g/mol. The maximum absolute atomic E-state index is 12.8. The summed E-state index contributed by atoms with van der Waals surface area (Å²) in [6, 6.07) is 1.70. The Morgan fingerprint density at radius 3 is 2.57 bits per heavy atom. The van der Waals surface area contributed by atoms with Gasteiger partial charge < -0.3 is 5.32 Å². The maximum atomic E-state index is 12.8. The first kappa shape index (κ1) is 17.0. The van der Waals surface area contributed by atoms with Crippen LogP contribution in [0.1, 0.15) is 41.9 Å². The van der Waals surface area contributed by atoms with Gasteiger partial charge in [0.15, 0.2) is 0 Å². The first-order chi connectivity index (χ1) is 10.8. The van der Waals surface area contributed by atoms with Crippen molar-refractivity contribution in [2.75, 3.05) is 5.32 Å². The summed E-state index contributed by atoms with van der Waals surface area (Å²) in [5.74, 6) is 0.651. The summed E-state index contributed by atoms with van der Waals surface area (Å²) < 4.78 is 26.3. The molecule has 0 bridgehead atoms. The molecule has 124 valence electrons. The molecule has 0 atom stereocenters. The fourth-order valence-electron chi connectivity index (χ4n) is 2.37. The van der Waals surface area contributed by atoms with E-state index in [1.807, 2.05) is 6.92 Å². The number of rotatable bonds is 5. The van der Waals surface area contributed by atoms with E-state index in [0.717, 1.165) is 12.1 Å². The standard InChI is InChI=1S/C15H19F2N5O/c1-5-11-6-13(19-10(4)18-11)20-14(23)7-12-8(2)21-22(9(12)3)15(16)17/h6,15H,5,7H2,1-4H3,(H,18,19,20,23). The molecule has 2 aromatic rings. The number of aryl methyl sites for hydroxylation is 3. The summed E-state index contributed by atoms with van der Waals surface area (Å²) in [6.45, 7) is 4.12. The summed E-state index contributed by atoms with van der Waals surface area (Å²) >= 11 is 0. The van der Waals surface area contributed by atoms with Crippen LogP contribution < -0.4 is 5.32 Å². The summed E-state index contributed by atoms with van der Waals surface area (Å²) in [5, 5.41) is 6.46. The van der Waals surface area contributed by atoms with Crippen molar-refractivity contribution >= 4 is 11.7 Å². The zero-order valence-electron chi connectivity index (χ0n) is 13.5. The third-order valence-corrected chi connectivity index (χ3v) is 3.52. The number of nitrogens with zero attached hydrogens (tertiary/aromatic N) is 4. The van der Waals surface area contributed by atoms with E-state index in [0.29, 0.717) is 33.3 Å². The van der Waals surface area contributed by atoms with Crippen molar-refractivity contribution in [3.63, 3.8) is 0 Å². The van der Waals surface area contributed by atoms with Gasteiger partial charge in [-0.05, 0) is 27.2 Å². The third-order valence-electron chi connectivity index (χ3n) is 3.52. The molecule has 1 amide bonds. The van der Waals surface area contributed by atoms with Crippen molar-refractivity contribution in [2.24, 2.45) is 0 Å². The van der Waals surface area contributed by atoms with E-state index in [4.69, 9.17) is 0 Å². The van der Waals surface area contributed by atoms with Crippen molar-refractivity contribution in [3.8, 4) is 0 Å². The molecule has 0 saturated heterocycles. The maximum Gasteiger partial charge on any atom is 0.333 e. The quantitative estimate of drug-likeness (QED) is 0.918. The molecule has 1 N–H and O–H groups in total. The molecule has 2 rings (SSSR count). The van der Waals surface area contributed by atoms with Gasteiger partial charge in [-0.25, -0.2) is 14.6 Å². The highest BCUT2D eigenvalue weighted by molar-refractivity contribution is 5.91. The number of hydrogen-bond acceptors (Lipinski definition) is 4. The molecule has 23 heavy (non-hydrogen) atoms. The normalized spacial score (nSPS) is 11.1. The van der Waals surface area contributed by atoms with Crippen LogP contribution >= 0.6 is 0 Å². The van der Waals surface area contributed by atoms with Gasteiger partial charge in [0.05, 0.1) is 12.1 Å². The molecule has 0 aliphatic rings. The highest BCUT2D eigenvalue weighted by Gasteiger charge is 2.19. The monoisotopic (exact) mass is 323 g/mol. The van der Waals surface area contributed by atoms with Crippen LogP contribution in [0.15, 0.2) is 6.07 Å². The minimum absolute atomic E-state index is 0.0328. The molecular weight excluding hydrogens is 304 g/mol. The summed E-state index contributed by atoms with van der Waals surface area (Å²) in [7, 11) is 0. The Kier molecular flexibility index (Phi) is 5.02. The van der Waals surface area contributed by atoms with Gasteiger partial charge in [-0.3, -0.25) is 4.79 Å². The molecule has 0 aliphatic carbocycles. The number of carbonyl (C=O) groups excluding carboxylic acids is 1. The van der Waals surface area contributed by atoms with E-state index in [1.165, 1.54) is 6.92 Å². The van der Waals surface area contributed by atoms with Gasteiger partial charge in [-0.15, -0.1) is 0 Å². The molecule has 0 unspecified atom stereocenters. The molecule has 8 heteroatoms. The summed E-state index contributed by atoms with van der Waals surface area (Å²) in [6.07, 6.45) is 0.695. The van der Waals surface area contributed by atoms with Crippen molar-refractivity contribution in [1.29, 1.82) is 0 Å². The van der Waals surface area contributed by atoms with Gasteiger partial charge in [0, 0.05) is 23.0 Å². The first-order valence-electron chi connectivity index (χ1n) is 7.29. The second-order valence-corrected chi connectivity index (χ2v) is 5.24. The Morgan fingerprint density at radius 1 is 1.30 bits per heavy atom. The van der Waals surface area contributed by atoms with E-state index in [9.17, 15) is 13.6 Å². The largest absolute Gasteiger partial charge is 0.333 e. The molecule has 2 heterocycles. The lowest BCUT2D eigenvalue weighted by Crippen LogP contribution is -2.17. The summed E-state index contributed by atoms with van der Waals surface area (Å²) in [5.41, 5.74) is 2.04. The predicted octanol–water partition coefficient (Wildman–Crippen LogP) is 2.74. The zero-order valence-corrected chi connectivity index (χ0v) is 13.5. The lowest BCUT2D eigenvalue weighted by molar-refractivity contribution is -0.115. The van der Waals surface area contributed by atoms with Crippen LogP contribution in [0.4, 0.5) is 14.6 Å². The Hall–Kier alpha value is -2.38. The van der Waals surface area contributed by atoms with Crippen LogP contribution in [0.25, 0.3) is 0 Å². The minimum Gasteiger partial charge on any atom is -0.310 e. The van der Waals surface area contributed by atoms with Crippen LogP contribution in [-0.2, 0) is 17.6 Å². The number of amides is 1. The van der Waals surface area contributed by atoms with E-state index in [2.05, 4.69) is 20.4 Å². The van der Waals surface area contributed by atoms with Gasteiger partial charge in [-0.1, -0.05) is 6.92 Å². The SMILES string of the molecule is CCc1cc(NC(=O)Cc2c(C)nn(C(F)F)c2C)nc(C)n1. The van der Waals surface area contributed by atoms with Crippen molar-refractivity contribution in [3.05, 3.63) is 34.5 Å². The number of carbonyl (C=O) groups is 1. The number of nitrogens with one attached hydrogen (secondary N) is 1. The highest BCUT2D eigenvalue weighted by atomic mass is 19.3. The first-order valence-corrected chi connectivity index (χ1v) is 7.29. The van der Waals surface area contributed by atoms with Crippen LogP contribution in [-0.4, -0.2) is 25.7 Å². The van der Waals surface area contributed by atoms with E-state index in [1.54, 1.807) is 19.9 Å². The molecule has 0 aromatic carbocycles. The van der Waals surface area contributed by atoms with E-state index >= 15 is 0 Å². The van der Waals surface area contributed by atoms with Crippen LogP contribution in [0.3, 0.4) is 0 Å². The molecule has 6 nitrogen and oxygen atoms in total. The summed E-state index contributed by atoms with van der Waals surface area (Å²) in [4.78, 5) is 20.6. The minimum atomic E-state index is -2.72. The van der Waals surface area contributed by atoms with Gasteiger partial charge >= 0.3 is 6.55 Å². The van der Waals surface area contributed by atoms with Crippen LogP contribution in [0.5, 0.6) is 0 Å². The fourth-order valence-corrected chi connectivity index (χ4v) is 2.37. The van der Waals surface area contributed by atoms with Gasteiger partial charge in [-0.2, -0.15) is 13.9 Å². The number of anilines is 1. The average Bonchev–Trinajstić information content (AvgIpc) is 2.74. The van der Waals surface area contributed by atoms with E-state index in [-0.39, 0.29) is 12.3 Å². The van der Waals surface area contributed by atoms with Gasteiger partial charge in [0.2, 0.25) is 5.91 Å². The second-order valence-electron chi connectivity index (χ2n) is 5.24. The number of hydrogen-bond donors (Lipinski definition) is 1. The third kappa shape index (κ3) is 3.88. The van der Waals surface area contributed by atoms with Crippen molar-refractivity contribution in [2.45, 2.75) is 47.1 Å². The number of halogens is 2. The second kappa shape index (κ2) is 6.80.